The number of aliphatic hydroxyl groups is 1. The molecule has 1 heterocycles. The molecule has 7 nitrogen and oxygen atoms in total. The summed E-state index contributed by atoms with van der Waals surface area (Å²) in [5.41, 5.74) is 0. The van der Waals surface area contributed by atoms with Crippen molar-refractivity contribution >= 4 is 17.8 Å². The lowest BCUT2D eigenvalue weighted by atomic mass is 9.93. The average Bonchev–Trinajstić information content (AvgIpc) is 2.68. The second-order valence-corrected chi connectivity index (χ2v) is 5.86. The van der Waals surface area contributed by atoms with Crippen molar-refractivity contribution in [3.8, 4) is 0 Å². The van der Waals surface area contributed by atoms with Crippen LogP contribution in [0, 0.1) is 0 Å². The Morgan fingerprint density at radius 2 is 1.95 bits per heavy atom. The van der Waals surface area contributed by atoms with E-state index in [-0.39, 0.29) is 36.5 Å². The van der Waals surface area contributed by atoms with Crippen LogP contribution in [0.2, 0.25) is 0 Å². The summed E-state index contributed by atoms with van der Waals surface area (Å²) < 4.78 is 0. The van der Waals surface area contributed by atoms with Crippen LogP contribution in [0.5, 0.6) is 0 Å². The van der Waals surface area contributed by atoms with Crippen LogP contribution in [0.25, 0.3) is 0 Å². The number of amides is 4. The second kappa shape index (κ2) is 6.89. The second-order valence-electron chi connectivity index (χ2n) is 5.86. The largest absolute Gasteiger partial charge is 0.393 e. The molecule has 0 radical (unpaired) electrons. The molecule has 0 aromatic heterocycles. The molecule has 2 aliphatic rings. The van der Waals surface area contributed by atoms with Crippen molar-refractivity contribution in [2.24, 2.45) is 0 Å². The molecule has 7 heteroatoms. The first-order valence-corrected chi connectivity index (χ1v) is 7.50. The van der Waals surface area contributed by atoms with Gasteiger partial charge in [-0.3, -0.25) is 14.5 Å². The van der Waals surface area contributed by atoms with Crippen molar-refractivity contribution in [2.45, 2.75) is 50.7 Å². The Balaban J connectivity index is 1.65. The number of carbonyl (C=O) groups excluding carboxylic acids is 3. The highest BCUT2D eigenvalue weighted by molar-refractivity contribution is 6.01. The molecular formula is C14H23N3O4. The Morgan fingerprint density at radius 3 is 2.52 bits per heavy atom. The highest BCUT2D eigenvalue weighted by Crippen LogP contribution is 2.18. The zero-order valence-electron chi connectivity index (χ0n) is 12.4. The van der Waals surface area contributed by atoms with Gasteiger partial charge in [0.25, 0.3) is 0 Å². The maximum absolute atomic E-state index is 11.8. The number of likely N-dealkylation sites (N-methyl/N-ethyl adjacent to an activating group) is 1. The predicted octanol–water partition coefficient (Wildman–Crippen LogP) is 0.0803. The summed E-state index contributed by atoms with van der Waals surface area (Å²) in [7, 11) is 1.59. The molecule has 1 saturated heterocycles. The number of nitrogens with zero attached hydrogens (tertiary/aromatic N) is 2. The number of urea groups is 1. The summed E-state index contributed by atoms with van der Waals surface area (Å²) in [6.45, 7) is 0.411. The number of imide groups is 1. The molecule has 0 unspecified atom stereocenters. The van der Waals surface area contributed by atoms with Crippen molar-refractivity contribution < 1.29 is 19.5 Å². The third kappa shape index (κ3) is 4.17. The van der Waals surface area contributed by atoms with Crippen molar-refractivity contribution in [3.05, 3.63) is 0 Å². The predicted molar refractivity (Wildman–Crippen MR) is 75.4 cm³/mol. The van der Waals surface area contributed by atoms with Gasteiger partial charge in [-0.05, 0) is 32.1 Å². The minimum atomic E-state index is -0.290. The van der Waals surface area contributed by atoms with Crippen molar-refractivity contribution in [3.63, 3.8) is 0 Å². The highest BCUT2D eigenvalue weighted by atomic mass is 16.3. The van der Waals surface area contributed by atoms with Gasteiger partial charge in [-0.2, -0.15) is 0 Å². The van der Waals surface area contributed by atoms with E-state index in [0.717, 1.165) is 25.7 Å². The van der Waals surface area contributed by atoms with Crippen molar-refractivity contribution in [1.82, 2.24) is 15.1 Å². The summed E-state index contributed by atoms with van der Waals surface area (Å²) in [5.74, 6) is -0.256. The molecule has 2 fully saturated rings. The minimum absolute atomic E-state index is 0.0520. The molecule has 118 valence electrons. The molecule has 2 rings (SSSR count). The molecule has 0 aromatic carbocycles. The van der Waals surface area contributed by atoms with Gasteiger partial charge in [0.05, 0.1) is 6.10 Å². The van der Waals surface area contributed by atoms with E-state index in [0.29, 0.717) is 19.4 Å². The van der Waals surface area contributed by atoms with Gasteiger partial charge in [0.15, 0.2) is 0 Å². The summed E-state index contributed by atoms with van der Waals surface area (Å²) >= 11 is 0. The maximum atomic E-state index is 11.8. The molecule has 2 N–H and O–H groups in total. The van der Waals surface area contributed by atoms with Gasteiger partial charge in [0.1, 0.15) is 6.54 Å². The van der Waals surface area contributed by atoms with Gasteiger partial charge in [0, 0.05) is 26.1 Å². The minimum Gasteiger partial charge on any atom is -0.393 e. The molecule has 1 saturated carbocycles. The van der Waals surface area contributed by atoms with Crippen LogP contribution in [0.1, 0.15) is 38.5 Å². The van der Waals surface area contributed by atoms with E-state index >= 15 is 0 Å². The number of nitrogens with one attached hydrogen (secondary N) is 1. The van der Waals surface area contributed by atoms with Crippen molar-refractivity contribution in [2.75, 3.05) is 20.1 Å². The van der Waals surface area contributed by atoms with Crippen LogP contribution in [-0.4, -0.2) is 65.0 Å². The summed E-state index contributed by atoms with van der Waals surface area (Å²) in [4.78, 5) is 37.6. The fourth-order valence-electron chi connectivity index (χ4n) is 2.81. The number of aliphatic hydroxyl groups excluding tert-OH is 1. The van der Waals surface area contributed by atoms with Gasteiger partial charge in [0.2, 0.25) is 11.8 Å². The Hall–Kier alpha value is -1.63. The first kappa shape index (κ1) is 15.8. The standard InChI is InChI=1S/C14H23N3O4/c1-16-9-13(20)17(14(16)21)8-2-3-12(19)15-10-4-6-11(18)7-5-10/h10-11,18H,2-9H2,1H3,(H,15,19). The molecule has 1 aliphatic heterocycles. The Kier molecular flexibility index (Phi) is 5.17. The molecule has 21 heavy (non-hydrogen) atoms. The van der Waals surface area contributed by atoms with Crippen LogP contribution >= 0.6 is 0 Å². The molecular weight excluding hydrogens is 274 g/mol. The number of carbonyl (C=O) groups is 3. The topological polar surface area (TPSA) is 90.0 Å². The monoisotopic (exact) mass is 297 g/mol. The Morgan fingerprint density at radius 1 is 1.29 bits per heavy atom. The Labute approximate surface area is 124 Å². The van der Waals surface area contributed by atoms with Gasteiger partial charge in [-0.25, -0.2) is 4.79 Å². The molecule has 0 bridgehead atoms. The smallest absolute Gasteiger partial charge is 0.326 e. The highest BCUT2D eigenvalue weighted by Gasteiger charge is 2.32. The molecule has 1 aliphatic carbocycles. The third-order valence-electron chi connectivity index (χ3n) is 4.08. The fraction of sp³-hybridized carbons (Fsp3) is 0.786. The average molecular weight is 297 g/mol. The van der Waals surface area contributed by atoms with Gasteiger partial charge >= 0.3 is 6.03 Å². The van der Waals surface area contributed by atoms with E-state index in [9.17, 15) is 19.5 Å². The lowest BCUT2D eigenvalue weighted by Gasteiger charge is -2.26. The SMILES string of the molecule is CN1CC(=O)N(CCCC(=O)NC2CCC(O)CC2)C1=O. The molecule has 0 spiro atoms. The number of hydrogen-bond donors (Lipinski definition) is 2. The molecule has 0 aromatic rings. The van der Waals surface area contributed by atoms with E-state index in [1.165, 1.54) is 9.80 Å². The quantitative estimate of drug-likeness (QED) is 0.703. The molecule has 4 amide bonds. The van der Waals surface area contributed by atoms with Gasteiger partial charge < -0.3 is 15.3 Å². The van der Waals surface area contributed by atoms with E-state index in [4.69, 9.17) is 0 Å². The van der Waals surface area contributed by atoms with Crippen LogP contribution < -0.4 is 5.32 Å². The van der Waals surface area contributed by atoms with E-state index in [2.05, 4.69) is 5.32 Å². The molecule has 0 atom stereocenters. The van der Waals surface area contributed by atoms with Gasteiger partial charge in [-0.1, -0.05) is 0 Å². The van der Waals surface area contributed by atoms with E-state index in [1.54, 1.807) is 7.05 Å². The fourth-order valence-corrected chi connectivity index (χ4v) is 2.81. The first-order chi connectivity index (χ1) is 9.97. The van der Waals surface area contributed by atoms with Crippen LogP contribution in [0.3, 0.4) is 0 Å². The third-order valence-corrected chi connectivity index (χ3v) is 4.08. The van der Waals surface area contributed by atoms with E-state index < -0.39 is 0 Å². The lowest BCUT2D eigenvalue weighted by Crippen LogP contribution is -2.39. The summed E-state index contributed by atoms with van der Waals surface area (Å²) in [6, 6.07) is -0.149. The maximum Gasteiger partial charge on any atom is 0.326 e. The van der Waals surface area contributed by atoms with E-state index in [1.807, 2.05) is 0 Å². The number of rotatable bonds is 5. The van der Waals surface area contributed by atoms with Crippen molar-refractivity contribution in [1.29, 1.82) is 0 Å². The summed E-state index contributed by atoms with van der Waals surface area (Å²) in [5, 5.41) is 12.4. The normalized spacial score (nSPS) is 26.4. The van der Waals surface area contributed by atoms with Crippen LogP contribution in [0.4, 0.5) is 4.79 Å². The van der Waals surface area contributed by atoms with Crippen LogP contribution in [-0.2, 0) is 9.59 Å². The van der Waals surface area contributed by atoms with Gasteiger partial charge in [-0.15, -0.1) is 0 Å². The van der Waals surface area contributed by atoms with Crippen LogP contribution in [0.15, 0.2) is 0 Å². The zero-order chi connectivity index (χ0) is 15.4. The lowest BCUT2D eigenvalue weighted by molar-refractivity contribution is -0.126. The first-order valence-electron chi connectivity index (χ1n) is 7.50. The summed E-state index contributed by atoms with van der Waals surface area (Å²) in [6.07, 6.45) is 3.62. The number of hydrogen-bond acceptors (Lipinski definition) is 4. The Bertz CT molecular complexity index is 418. The zero-order valence-corrected chi connectivity index (χ0v) is 12.4.